The van der Waals surface area contributed by atoms with Crippen LogP contribution in [0.5, 0.6) is 0 Å². The van der Waals surface area contributed by atoms with Crippen LogP contribution in [0.25, 0.3) is 0 Å². The monoisotopic (exact) mass is 182 g/mol. The van der Waals surface area contributed by atoms with Crippen molar-refractivity contribution in [2.24, 2.45) is 5.41 Å². The molecule has 2 nitrogen and oxygen atoms in total. The first-order chi connectivity index (χ1) is 5.67. The maximum Gasteiger partial charge on any atom is 0.182 e. The zero-order chi connectivity index (χ0) is 8.60. The van der Waals surface area contributed by atoms with Crippen LogP contribution in [0.1, 0.15) is 13.8 Å². The van der Waals surface area contributed by atoms with Gasteiger partial charge < -0.3 is 4.89 Å². The zero-order valence-electron chi connectivity index (χ0n) is 7.03. The fourth-order valence-electron chi connectivity index (χ4n) is 1.03. The van der Waals surface area contributed by atoms with Crippen molar-refractivity contribution in [2.75, 3.05) is 0 Å². The summed E-state index contributed by atoms with van der Waals surface area (Å²) in [6.45, 7) is 4.29. The zero-order valence-corrected chi connectivity index (χ0v) is 7.85. The van der Waals surface area contributed by atoms with E-state index in [1.54, 1.807) is 0 Å². The minimum atomic E-state index is 0.105. The largest absolute Gasteiger partial charge is 0.324 e. The predicted octanol–water partition coefficient (Wildman–Crippen LogP) is 2.96. The summed E-state index contributed by atoms with van der Waals surface area (Å²) in [5, 5.41) is 0. The summed E-state index contributed by atoms with van der Waals surface area (Å²) in [7, 11) is 0. The SMILES string of the molecule is CC1(C)C=CC2=C(C=C1)SOO2. The van der Waals surface area contributed by atoms with Crippen molar-refractivity contribution < 1.29 is 9.22 Å². The van der Waals surface area contributed by atoms with E-state index in [4.69, 9.17) is 9.22 Å². The van der Waals surface area contributed by atoms with E-state index in [1.165, 1.54) is 12.0 Å². The van der Waals surface area contributed by atoms with Crippen LogP contribution in [0.15, 0.2) is 35.0 Å². The molecule has 0 amide bonds. The van der Waals surface area contributed by atoms with Gasteiger partial charge in [0.2, 0.25) is 0 Å². The summed E-state index contributed by atoms with van der Waals surface area (Å²) in [5.41, 5.74) is 0.105. The Hall–Kier alpha value is -0.670. The molecule has 0 unspecified atom stereocenters. The molecule has 12 heavy (non-hydrogen) atoms. The van der Waals surface area contributed by atoms with E-state index in [2.05, 4.69) is 26.0 Å². The number of hydrogen-bond donors (Lipinski definition) is 0. The molecule has 0 spiro atoms. The first-order valence-electron chi connectivity index (χ1n) is 3.81. The topological polar surface area (TPSA) is 18.5 Å². The Labute approximate surface area is 76.1 Å². The number of rotatable bonds is 0. The van der Waals surface area contributed by atoms with Crippen LogP contribution >= 0.6 is 12.0 Å². The van der Waals surface area contributed by atoms with E-state index < -0.39 is 0 Å². The molecule has 3 heteroatoms. The Kier molecular flexibility index (Phi) is 1.77. The summed E-state index contributed by atoms with van der Waals surface area (Å²) in [4.78, 5) is 5.97. The van der Waals surface area contributed by atoms with Crippen LogP contribution in [-0.2, 0) is 9.22 Å². The van der Waals surface area contributed by atoms with Gasteiger partial charge in [-0.15, -0.1) is 4.33 Å². The molecule has 0 aromatic carbocycles. The van der Waals surface area contributed by atoms with Gasteiger partial charge >= 0.3 is 0 Å². The van der Waals surface area contributed by atoms with Crippen LogP contribution in [0.4, 0.5) is 0 Å². The fraction of sp³-hybridized carbons (Fsp3) is 0.333. The van der Waals surface area contributed by atoms with Gasteiger partial charge in [-0.25, -0.2) is 0 Å². The highest BCUT2D eigenvalue weighted by Gasteiger charge is 2.20. The normalized spacial score (nSPS) is 25.2. The molecule has 0 aromatic rings. The van der Waals surface area contributed by atoms with Crippen LogP contribution in [0.2, 0.25) is 0 Å². The highest BCUT2D eigenvalue weighted by Crippen LogP contribution is 2.36. The predicted molar refractivity (Wildman–Crippen MR) is 48.8 cm³/mol. The average Bonchev–Trinajstić information content (AvgIpc) is 2.40. The van der Waals surface area contributed by atoms with Gasteiger partial charge in [-0.05, 0) is 12.2 Å². The molecule has 1 heterocycles. The maximum absolute atomic E-state index is 4.93. The average molecular weight is 182 g/mol. The van der Waals surface area contributed by atoms with E-state index in [0.29, 0.717) is 0 Å². The summed E-state index contributed by atoms with van der Waals surface area (Å²) in [6, 6.07) is 0. The molecule has 1 aliphatic carbocycles. The molecule has 2 aliphatic rings. The maximum atomic E-state index is 4.93. The second-order valence-corrected chi connectivity index (χ2v) is 4.19. The van der Waals surface area contributed by atoms with Gasteiger partial charge in [-0.2, -0.15) is 0 Å². The number of hydrogen-bond acceptors (Lipinski definition) is 3. The van der Waals surface area contributed by atoms with E-state index >= 15 is 0 Å². The molecule has 2 rings (SSSR count). The standard InChI is InChI=1S/C9H10O2S/c1-9(2)5-3-7-8(4-6-9)12-11-10-7/h3-6H,1-2H3. The Balaban J connectivity index is 2.34. The van der Waals surface area contributed by atoms with Crippen LogP contribution in [0.3, 0.4) is 0 Å². The van der Waals surface area contributed by atoms with Gasteiger partial charge in [-0.3, -0.25) is 0 Å². The Morgan fingerprint density at radius 3 is 2.83 bits per heavy atom. The molecule has 0 N–H and O–H groups in total. The lowest BCUT2D eigenvalue weighted by atomic mass is 9.93. The van der Waals surface area contributed by atoms with Crippen molar-refractivity contribution in [2.45, 2.75) is 13.8 Å². The summed E-state index contributed by atoms with van der Waals surface area (Å²) in [6.07, 6.45) is 8.22. The lowest BCUT2D eigenvalue weighted by molar-refractivity contribution is -0.133. The molecule has 0 atom stereocenters. The molecule has 1 aliphatic heterocycles. The van der Waals surface area contributed by atoms with E-state index in [9.17, 15) is 0 Å². The van der Waals surface area contributed by atoms with Gasteiger partial charge in [-0.1, -0.05) is 26.0 Å². The van der Waals surface area contributed by atoms with E-state index in [1.807, 2.05) is 12.2 Å². The second kappa shape index (κ2) is 2.68. The van der Waals surface area contributed by atoms with Gasteiger partial charge in [0.05, 0.1) is 16.9 Å². The number of allylic oxidation sites excluding steroid dienone is 4. The van der Waals surface area contributed by atoms with Crippen molar-refractivity contribution >= 4 is 12.0 Å². The minimum absolute atomic E-state index is 0.105. The molecule has 0 bridgehead atoms. The Morgan fingerprint density at radius 2 is 2.00 bits per heavy atom. The fourth-order valence-corrected chi connectivity index (χ4v) is 1.52. The van der Waals surface area contributed by atoms with Gasteiger partial charge in [0, 0.05) is 5.41 Å². The third-order valence-electron chi connectivity index (χ3n) is 1.82. The van der Waals surface area contributed by atoms with Crippen molar-refractivity contribution in [1.82, 2.24) is 0 Å². The van der Waals surface area contributed by atoms with Gasteiger partial charge in [0.15, 0.2) is 5.76 Å². The van der Waals surface area contributed by atoms with E-state index in [-0.39, 0.29) is 5.41 Å². The lowest BCUT2D eigenvalue weighted by Crippen LogP contribution is -2.00. The second-order valence-electron chi connectivity index (χ2n) is 3.45. The molecular formula is C9H10O2S. The molecule has 0 radical (unpaired) electrons. The lowest BCUT2D eigenvalue weighted by Gasteiger charge is -2.12. The van der Waals surface area contributed by atoms with Crippen molar-refractivity contribution in [3.63, 3.8) is 0 Å². The Morgan fingerprint density at radius 1 is 1.25 bits per heavy atom. The Bertz CT molecular complexity index is 261. The quantitative estimate of drug-likeness (QED) is 0.424. The van der Waals surface area contributed by atoms with Crippen molar-refractivity contribution in [3.05, 3.63) is 35.0 Å². The van der Waals surface area contributed by atoms with Crippen molar-refractivity contribution in [1.29, 1.82) is 0 Å². The molecule has 0 fully saturated rings. The smallest absolute Gasteiger partial charge is 0.182 e. The summed E-state index contributed by atoms with van der Waals surface area (Å²) < 4.78 is 4.76. The minimum Gasteiger partial charge on any atom is -0.324 e. The molecule has 0 saturated heterocycles. The van der Waals surface area contributed by atoms with E-state index in [0.717, 1.165) is 10.7 Å². The molecule has 0 saturated carbocycles. The van der Waals surface area contributed by atoms with Crippen LogP contribution in [-0.4, -0.2) is 0 Å². The van der Waals surface area contributed by atoms with Crippen LogP contribution < -0.4 is 0 Å². The highest BCUT2D eigenvalue weighted by molar-refractivity contribution is 7.98. The van der Waals surface area contributed by atoms with Crippen molar-refractivity contribution in [3.8, 4) is 0 Å². The molecule has 0 aromatic heterocycles. The van der Waals surface area contributed by atoms with Crippen LogP contribution in [0, 0.1) is 5.41 Å². The highest BCUT2D eigenvalue weighted by atomic mass is 32.2. The first kappa shape index (κ1) is 7.95. The first-order valence-corrected chi connectivity index (χ1v) is 4.55. The molecular weight excluding hydrogens is 172 g/mol. The third kappa shape index (κ3) is 1.42. The summed E-state index contributed by atoms with van der Waals surface area (Å²) >= 11 is 1.26. The van der Waals surface area contributed by atoms with Gasteiger partial charge in [0.25, 0.3) is 0 Å². The molecule has 64 valence electrons. The third-order valence-corrected chi connectivity index (χ3v) is 2.47. The van der Waals surface area contributed by atoms with Gasteiger partial charge in [0.1, 0.15) is 0 Å². The summed E-state index contributed by atoms with van der Waals surface area (Å²) in [5.74, 6) is 0.807.